The molecule has 0 aromatic carbocycles. The van der Waals surface area contributed by atoms with Crippen molar-refractivity contribution in [3.05, 3.63) is 0 Å². The molecule has 0 radical (unpaired) electrons. The first kappa shape index (κ1) is 6.68. The highest BCUT2D eigenvalue weighted by Crippen LogP contribution is 1.82. The second kappa shape index (κ2) is 3.86. The lowest BCUT2D eigenvalue weighted by Gasteiger charge is -1.96. The standard InChI is InChI=1S/C2H9ClOSi2/c1-2-4-6(3)5/h6H,2H2,1,5H3. The van der Waals surface area contributed by atoms with Crippen molar-refractivity contribution < 1.29 is 4.43 Å². The highest BCUT2D eigenvalue weighted by molar-refractivity contribution is 7.28. The fourth-order valence-electron chi connectivity index (χ4n) is 0.230. The van der Waals surface area contributed by atoms with Crippen LogP contribution in [0.4, 0.5) is 0 Å². The van der Waals surface area contributed by atoms with Crippen LogP contribution in [0.2, 0.25) is 0 Å². The zero-order valence-electron chi connectivity index (χ0n) is 4.07. The van der Waals surface area contributed by atoms with Gasteiger partial charge in [-0.1, -0.05) is 0 Å². The Kier molecular flexibility index (Phi) is 4.30. The second-order valence-electron chi connectivity index (χ2n) is 0.998. The van der Waals surface area contributed by atoms with E-state index in [-0.39, 0.29) is 0 Å². The Morgan fingerprint density at radius 3 is 2.50 bits per heavy atom. The number of rotatable bonds is 2. The van der Waals surface area contributed by atoms with Crippen LogP contribution in [-0.4, -0.2) is 24.2 Å². The lowest BCUT2D eigenvalue weighted by atomic mass is 10.9. The molecule has 0 rings (SSSR count). The molecule has 0 spiro atoms. The molecule has 0 saturated heterocycles. The molecule has 38 valence electrons. The van der Waals surface area contributed by atoms with Crippen LogP contribution in [-0.2, 0) is 4.43 Å². The number of halogens is 1. The Morgan fingerprint density at radius 1 is 2.00 bits per heavy atom. The van der Waals surface area contributed by atoms with Gasteiger partial charge in [0, 0.05) is 16.4 Å². The van der Waals surface area contributed by atoms with Gasteiger partial charge in [0.15, 0.2) is 0 Å². The van der Waals surface area contributed by atoms with Gasteiger partial charge in [0.05, 0.1) is 0 Å². The summed E-state index contributed by atoms with van der Waals surface area (Å²) >= 11 is 5.56. The van der Waals surface area contributed by atoms with Crippen molar-refractivity contribution >= 4 is 28.7 Å². The van der Waals surface area contributed by atoms with Crippen LogP contribution in [0.1, 0.15) is 6.92 Å². The van der Waals surface area contributed by atoms with E-state index in [2.05, 4.69) is 0 Å². The Bertz CT molecular complexity index is 32.7. The van der Waals surface area contributed by atoms with Gasteiger partial charge < -0.3 is 4.43 Å². The van der Waals surface area contributed by atoms with Gasteiger partial charge in [0.2, 0.25) is 7.87 Å². The molecule has 1 nitrogen and oxygen atoms in total. The summed E-state index contributed by atoms with van der Waals surface area (Å²) < 4.78 is 5.01. The molecule has 0 heterocycles. The predicted octanol–water partition coefficient (Wildman–Crippen LogP) is -0.656. The van der Waals surface area contributed by atoms with Crippen LogP contribution in [0.3, 0.4) is 0 Å². The monoisotopic (exact) mass is 140 g/mol. The summed E-state index contributed by atoms with van der Waals surface area (Å²) in [5.74, 6) is 0. The van der Waals surface area contributed by atoms with Gasteiger partial charge in [-0.15, -0.1) is 11.1 Å². The van der Waals surface area contributed by atoms with Gasteiger partial charge in [-0.2, -0.15) is 0 Å². The molecule has 0 aromatic rings. The average molecular weight is 141 g/mol. The molecule has 0 aromatic heterocycles. The summed E-state index contributed by atoms with van der Waals surface area (Å²) in [4.78, 5) is 0. The highest BCUT2D eigenvalue weighted by atomic mass is 35.6. The van der Waals surface area contributed by atoms with Crippen molar-refractivity contribution in [3.63, 3.8) is 0 Å². The fraction of sp³-hybridized carbons (Fsp3) is 1.00. The van der Waals surface area contributed by atoms with Crippen LogP contribution >= 0.6 is 11.1 Å². The predicted molar refractivity (Wildman–Crippen MR) is 34.6 cm³/mol. The van der Waals surface area contributed by atoms with Gasteiger partial charge in [-0.3, -0.25) is 0 Å². The van der Waals surface area contributed by atoms with E-state index in [1.54, 1.807) is 0 Å². The minimum absolute atomic E-state index is 0.796. The molecule has 0 amide bonds. The summed E-state index contributed by atoms with van der Waals surface area (Å²) in [7, 11) is 0.00131. The van der Waals surface area contributed by atoms with Gasteiger partial charge in [-0.05, 0) is 6.92 Å². The molecule has 0 N–H and O–H groups in total. The van der Waals surface area contributed by atoms with Crippen molar-refractivity contribution in [2.45, 2.75) is 6.92 Å². The molecule has 0 fully saturated rings. The first-order valence-electron chi connectivity index (χ1n) is 2.03. The van der Waals surface area contributed by atoms with Gasteiger partial charge in [0.1, 0.15) is 0 Å². The SMILES string of the molecule is CCO[SiH]([SiH3])Cl. The van der Waals surface area contributed by atoms with E-state index in [1.165, 1.54) is 0 Å². The lowest BCUT2D eigenvalue weighted by molar-refractivity contribution is 0.366. The van der Waals surface area contributed by atoms with E-state index in [0.717, 1.165) is 16.4 Å². The quantitative estimate of drug-likeness (QED) is 0.366. The van der Waals surface area contributed by atoms with Crippen molar-refractivity contribution in [2.75, 3.05) is 6.61 Å². The summed E-state index contributed by atoms with van der Waals surface area (Å²) in [5.41, 5.74) is 0. The molecule has 0 aliphatic rings. The Morgan fingerprint density at radius 2 is 2.50 bits per heavy atom. The third-order valence-electron chi connectivity index (χ3n) is 0.396. The molecule has 4 heteroatoms. The molecule has 0 aliphatic heterocycles. The average Bonchev–Trinajstić information content (AvgIpc) is 1.35. The van der Waals surface area contributed by atoms with Crippen LogP contribution in [0.5, 0.6) is 0 Å². The van der Waals surface area contributed by atoms with E-state index < -0.39 is 7.87 Å². The molecule has 6 heavy (non-hydrogen) atoms. The van der Waals surface area contributed by atoms with Gasteiger partial charge in [0.25, 0.3) is 0 Å². The Balaban J connectivity index is 2.63. The fourth-order valence-corrected chi connectivity index (χ4v) is 2.07. The topological polar surface area (TPSA) is 9.23 Å². The molecule has 1 atom stereocenters. The lowest BCUT2D eigenvalue weighted by Crippen LogP contribution is -2.08. The maximum atomic E-state index is 5.56. The Labute approximate surface area is 47.3 Å². The van der Waals surface area contributed by atoms with Crippen molar-refractivity contribution in [3.8, 4) is 0 Å². The maximum absolute atomic E-state index is 5.56. The molecule has 0 saturated carbocycles. The summed E-state index contributed by atoms with van der Waals surface area (Å²) in [6.07, 6.45) is 0. The molecule has 0 bridgehead atoms. The second-order valence-corrected chi connectivity index (χ2v) is 9.60. The van der Waals surface area contributed by atoms with Gasteiger partial charge >= 0.3 is 0 Å². The van der Waals surface area contributed by atoms with E-state index in [0.29, 0.717) is 0 Å². The van der Waals surface area contributed by atoms with Crippen LogP contribution in [0.15, 0.2) is 0 Å². The first-order chi connectivity index (χ1) is 2.77. The van der Waals surface area contributed by atoms with Crippen LogP contribution in [0, 0.1) is 0 Å². The maximum Gasteiger partial charge on any atom is 0.247 e. The minimum atomic E-state index is -1.06. The molecular formula is C2H9ClOSi2. The molecule has 0 aliphatic carbocycles. The van der Waals surface area contributed by atoms with Crippen molar-refractivity contribution in [2.24, 2.45) is 0 Å². The summed E-state index contributed by atoms with van der Waals surface area (Å²) in [6.45, 7) is 2.77. The molecular weight excluding hydrogens is 132 g/mol. The van der Waals surface area contributed by atoms with Gasteiger partial charge in [-0.25, -0.2) is 0 Å². The van der Waals surface area contributed by atoms with E-state index in [9.17, 15) is 0 Å². The van der Waals surface area contributed by atoms with Crippen molar-refractivity contribution in [1.82, 2.24) is 0 Å². The van der Waals surface area contributed by atoms with E-state index >= 15 is 0 Å². The van der Waals surface area contributed by atoms with E-state index in [4.69, 9.17) is 15.5 Å². The third-order valence-corrected chi connectivity index (χ3v) is 2.57. The smallest absolute Gasteiger partial charge is 0.247 e. The van der Waals surface area contributed by atoms with Crippen LogP contribution < -0.4 is 0 Å². The number of hydrogen-bond acceptors (Lipinski definition) is 1. The van der Waals surface area contributed by atoms with Crippen molar-refractivity contribution in [1.29, 1.82) is 0 Å². The normalized spacial score (nSPS) is 15.0. The third kappa shape index (κ3) is 4.68. The van der Waals surface area contributed by atoms with E-state index in [1.807, 2.05) is 6.92 Å². The van der Waals surface area contributed by atoms with Crippen LogP contribution in [0.25, 0.3) is 0 Å². The largest absolute Gasteiger partial charge is 0.409 e. The zero-order chi connectivity index (χ0) is 4.99. The molecule has 1 unspecified atom stereocenters. The number of hydrogen-bond donors (Lipinski definition) is 0. The summed E-state index contributed by atoms with van der Waals surface area (Å²) in [6, 6.07) is 0. The minimum Gasteiger partial charge on any atom is -0.409 e. The zero-order valence-corrected chi connectivity index (χ0v) is 7.98. The Hall–Kier alpha value is 0.684. The summed E-state index contributed by atoms with van der Waals surface area (Å²) in [5, 5.41) is 0. The highest BCUT2D eigenvalue weighted by Gasteiger charge is 1.91. The first-order valence-corrected chi connectivity index (χ1v) is 8.86.